The fraction of sp³-hybridized carbons (Fsp3) is 0.190. The second-order valence-corrected chi connectivity index (χ2v) is 6.88. The van der Waals surface area contributed by atoms with Crippen LogP contribution in [0.5, 0.6) is 0 Å². The molecule has 1 aliphatic rings. The first-order valence-corrected chi connectivity index (χ1v) is 9.18. The molecule has 7 nitrogen and oxygen atoms in total. The number of carbonyl (C=O) groups excluding carboxylic acids is 1. The number of hydrogen-bond donors (Lipinski definition) is 1. The molecule has 0 saturated heterocycles. The van der Waals surface area contributed by atoms with Crippen LogP contribution in [0.25, 0.3) is 22.6 Å². The van der Waals surface area contributed by atoms with Crippen LogP contribution in [0.3, 0.4) is 0 Å². The Balaban J connectivity index is 1.60. The molecule has 1 fully saturated rings. The summed E-state index contributed by atoms with van der Waals surface area (Å²) in [5.41, 5.74) is 4.19. The molecule has 1 N–H and O–H groups in total. The van der Waals surface area contributed by atoms with E-state index in [2.05, 4.69) is 22.4 Å². The van der Waals surface area contributed by atoms with Crippen LogP contribution in [-0.2, 0) is 4.74 Å². The molecule has 0 amide bonds. The van der Waals surface area contributed by atoms with Crippen molar-refractivity contribution >= 4 is 17.4 Å². The molecule has 0 atom stereocenters. The maximum absolute atomic E-state index is 11.9. The first-order chi connectivity index (χ1) is 13.7. The van der Waals surface area contributed by atoms with Crippen LogP contribution in [-0.4, -0.2) is 38.1 Å². The fourth-order valence-electron chi connectivity index (χ4n) is 3.25. The summed E-state index contributed by atoms with van der Waals surface area (Å²) in [5, 5.41) is 3.57. The Labute approximate surface area is 161 Å². The van der Waals surface area contributed by atoms with Crippen LogP contribution in [0.15, 0.2) is 61.3 Å². The lowest BCUT2D eigenvalue weighted by Gasteiger charge is -2.09. The number of hydrogen-bond acceptors (Lipinski definition) is 5. The van der Waals surface area contributed by atoms with Crippen LogP contribution in [0, 0.1) is 0 Å². The van der Waals surface area contributed by atoms with Gasteiger partial charge in [0, 0.05) is 35.9 Å². The van der Waals surface area contributed by atoms with Gasteiger partial charge < -0.3 is 14.6 Å². The highest BCUT2D eigenvalue weighted by molar-refractivity contribution is 5.90. The summed E-state index contributed by atoms with van der Waals surface area (Å²) in [5.74, 6) is 0.540. The Bertz CT molecular complexity index is 1140. The summed E-state index contributed by atoms with van der Waals surface area (Å²) >= 11 is 0. The molecule has 1 saturated carbocycles. The van der Waals surface area contributed by atoms with Crippen molar-refractivity contribution < 1.29 is 9.53 Å². The molecule has 4 aromatic rings. The Morgan fingerprint density at radius 2 is 2.00 bits per heavy atom. The quantitative estimate of drug-likeness (QED) is 0.542. The van der Waals surface area contributed by atoms with E-state index in [9.17, 15) is 4.79 Å². The normalized spacial score (nSPS) is 13.6. The third-order valence-electron chi connectivity index (χ3n) is 4.90. The number of ether oxygens (including phenoxy) is 1. The van der Waals surface area contributed by atoms with E-state index in [0.29, 0.717) is 11.6 Å². The van der Waals surface area contributed by atoms with Gasteiger partial charge in [0.2, 0.25) is 0 Å². The SMILES string of the molecule is COC(=O)c1ccc2nc(-c3ccc(-n4ccnc4)cc3)c(NC3CC3)n2c1. The number of fused-ring (bicyclic) bond motifs is 1. The summed E-state index contributed by atoms with van der Waals surface area (Å²) < 4.78 is 8.75. The zero-order valence-electron chi connectivity index (χ0n) is 15.4. The van der Waals surface area contributed by atoms with Crippen LogP contribution < -0.4 is 5.32 Å². The number of carbonyl (C=O) groups is 1. The van der Waals surface area contributed by atoms with Gasteiger partial charge in [0.15, 0.2) is 0 Å². The van der Waals surface area contributed by atoms with Gasteiger partial charge in [-0.1, -0.05) is 12.1 Å². The zero-order chi connectivity index (χ0) is 19.1. The average Bonchev–Trinajstić information content (AvgIpc) is 3.25. The zero-order valence-corrected chi connectivity index (χ0v) is 15.4. The van der Waals surface area contributed by atoms with E-state index in [-0.39, 0.29) is 5.97 Å². The summed E-state index contributed by atoms with van der Waals surface area (Å²) in [6.07, 6.45) is 9.50. The number of nitrogens with zero attached hydrogens (tertiary/aromatic N) is 4. The molecule has 0 aliphatic heterocycles. The number of methoxy groups -OCH3 is 1. The number of rotatable bonds is 5. The molecule has 1 aromatic carbocycles. The summed E-state index contributed by atoms with van der Waals surface area (Å²) in [4.78, 5) is 20.8. The Hall–Kier alpha value is -3.61. The number of anilines is 1. The molecule has 28 heavy (non-hydrogen) atoms. The van der Waals surface area contributed by atoms with Gasteiger partial charge in [-0.3, -0.25) is 4.40 Å². The summed E-state index contributed by atoms with van der Waals surface area (Å²) in [7, 11) is 1.39. The lowest BCUT2D eigenvalue weighted by atomic mass is 10.1. The van der Waals surface area contributed by atoms with Gasteiger partial charge >= 0.3 is 5.97 Å². The number of benzene rings is 1. The van der Waals surface area contributed by atoms with Gasteiger partial charge in [-0.2, -0.15) is 0 Å². The van der Waals surface area contributed by atoms with Crippen LogP contribution in [0.2, 0.25) is 0 Å². The Morgan fingerprint density at radius 3 is 2.68 bits per heavy atom. The van der Waals surface area contributed by atoms with E-state index >= 15 is 0 Å². The van der Waals surface area contributed by atoms with Crippen molar-refractivity contribution in [1.29, 1.82) is 0 Å². The van der Waals surface area contributed by atoms with E-state index in [1.165, 1.54) is 7.11 Å². The van der Waals surface area contributed by atoms with Crippen molar-refractivity contribution in [2.24, 2.45) is 0 Å². The Morgan fingerprint density at radius 1 is 1.18 bits per heavy atom. The van der Waals surface area contributed by atoms with Gasteiger partial charge in [0.25, 0.3) is 0 Å². The van der Waals surface area contributed by atoms with Crippen molar-refractivity contribution in [2.45, 2.75) is 18.9 Å². The number of nitrogens with one attached hydrogen (secondary N) is 1. The molecule has 0 unspecified atom stereocenters. The molecule has 0 spiro atoms. The molecule has 1 aliphatic carbocycles. The molecule has 140 valence electrons. The van der Waals surface area contributed by atoms with Gasteiger partial charge in [-0.15, -0.1) is 0 Å². The van der Waals surface area contributed by atoms with Gasteiger partial charge in [-0.25, -0.2) is 14.8 Å². The summed E-state index contributed by atoms with van der Waals surface area (Å²) in [6, 6.07) is 12.2. The van der Waals surface area contributed by atoms with Crippen molar-refractivity contribution in [1.82, 2.24) is 18.9 Å². The highest BCUT2D eigenvalue weighted by Gasteiger charge is 2.25. The highest BCUT2D eigenvalue weighted by Crippen LogP contribution is 2.33. The Kier molecular flexibility index (Phi) is 3.86. The maximum Gasteiger partial charge on any atom is 0.339 e. The minimum atomic E-state index is -0.362. The van der Waals surface area contributed by atoms with Gasteiger partial charge in [0.1, 0.15) is 17.2 Å². The van der Waals surface area contributed by atoms with Gasteiger partial charge in [-0.05, 0) is 37.1 Å². The number of imidazole rings is 2. The smallest absolute Gasteiger partial charge is 0.339 e. The second-order valence-electron chi connectivity index (χ2n) is 6.88. The van der Waals surface area contributed by atoms with E-state index in [1.807, 2.05) is 33.4 Å². The van der Waals surface area contributed by atoms with E-state index in [4.69, 9.17) is 9.72 Å². The molecule has 3 heterocycles. The minimum absolute atomic E-state index is 0.362. The second kappa shape index (κ2) is 6.53. The van der Waals surface area contributed by atoms with Crippen molar-refractivity contribution in [3.05, 3.63) is 66.9 Å². The largest absolute Gasteiger partial charge is 0.465 e. The van der Waals surface area contributed by atoms with Crippen molar-refractivity contribution in [3.8, 4) is 16.9 Å². The predicted molar refractivity (Wildman–Crippen MR) is 106 cm³/mol. The molecule has 7 heteroatoms. The van der Waals surface area contributed by atoms with Crippen molar-refractivity contribution in [2.75, 3.05) is 12.4 Å². The van der Waals surface area contributed by atoms with E-state index in [1.54, 1.807) is 24.8 Å². The topological polar surface area (TPSA) is 73.4 Å². The predicted octanol–water partition coefficient (Wildman–Crippen LogP) is 3.55. The van der Waals surface area contributed by atoms with Crippen LogP contribution in [0.1, 0.15) is 23.2 Å². The molecular weight excluding hydrogens is 354 g/mol. The molecule has 0 radical (unpaired) electrons. The third-order valence-corrected chi connectivity index (χ3v) is 4.90. The first-order valence-electron chi connectivity index (χ1n) is 9.18. The lowest BCUT2D eigenvalue weighted by Crippen LogP contribution is -2.07. The number of pyridine rings is 1. The molecule has 5 rings (SSSR count). The van der Waals surface area contributed by atoms with E-state index < -0.39 is 0 Å². The minimum Gasteiger partial charge on any atom is -0.465 e. The maximum atomic E-state index is 11.9. The standard InChI is InChI=1S/C21H19N5O2/c1-28-21(27)15-4-9-18-24-19(20(26(18)12-15)23-16-5-6-16)14-2-7-17(8-3-14)25-11-10-22-13-25/h2-4,7-13,16,23H,5-6H2,1H3. The molecule has 0 bridgehead atoms. The fourth-order valence-corrected chi connectivity index (χ4v) is 3.25. The number of esters is 1. The number of aromatic nitrogens is 4. The van der Waals surface area contributed by atoms with E-state index in [0.717, 1.165) is 41.3 Å². The monoisotopic (exact) mass is 373 g/mol. The van der Waals surface area contributed by atoms with Crippen LogP contribution >= 0.6 is 0 Å². The highest BCUT2D eigenvalue weighted by atomic mass is 16.5. The molecule has 3 aromatic heterocycles. The van der Waals surface area contributed by atoms with Crippen molar-refractivity contribution in [3.63, 3.8) is 0 Å². The van der Waals surface area contributed by atoms with Crippen LogP contribution in [0.4, 0.5) is 5.82 Å². The lowest BCUT2D eigenvalue weighted by molar-refractivity contribution is 0.0600. The first kappa shape index (κ1) is 16.6. The summed E-state index contributed by atoms with van der Waals surface area (Å²) in [6.45, 7) is 0. The molecular formula is C21H19N5O2. The van der Waals surface area contributed by atoms with Gasteiger partial charge in [0.05, 0.1) is 19.0 Å². The third kappa shape index (κ3) is 2.90. The average molecular weight is 373 g/mol.